The number of quaternary nitrogens is 1. The molecule has 0 fully saturated rings. The number of rotatable bonds is 18. The second-order valence-electron chi connectivity index (χ2n) is 10.6. The second-order valence-corrected chi connectivity index (χ2v) is 10.6. The van der Waals surface area contributed by atoms with E-state index in [1.807, 2.05) is 60.7 Å². The predicted octanol–water partition coefficient (Wildman–Crippen LogP) is 5.45. The molecular weight excluding hydrogens is 542 g/mol. The maximum atomic E-state index is 13.6. The fourth-order valence-corrected chi connectivity index (χ4v) is 4.80. The van der Waals surface area contributed by atoms with Gasteiger partial charge in [0.2, 0.25) is 5.91 Å². The standard InChI is InChI=1S/C35H45N3O5/c1-3-4-5-12-20-33(39)38(25-27-15-8-6-9-16-27)29-21-22-30(32(24-29)43-26-28-17-10-7-11-18-28)34(40)37-31(35(41)42-2)19-13-14-23-36/h6-11,15-18,21-22,24,31H,3-5,12-14,19-20,23,25-26,36H2,1-2H3,(H,37,40)/p+1/t31-/m0/s1. The summed E-state index contributed by atoms with van der Waals surface area (Å²) in [7, 11) is 1.31. The van der Waals surface area contributed by atoms with Crippen LogP contribution < -0.4 is 20.7 Å². The fourth-order valence-electron chi connectivity index (χ4n) is 4.80. The molecule has 0 heterocycles. The molecule has 8 heteroatoms. The first-order chi connectivity index (χ1) is 21.0. The van der Waals surface area contributed by atoms with Gasteiger partial charge in [-0.1, -0.05) is 86.8 Å². The molecule has 1 atom stereocenters. The number of esters is 1. The Balaban J connectivity index is 1.94. The van der Waals surface area contributed by atoms with E-state index in [1.165, 1.54) is 7.11 Å². The van der Waals surface area contributed by atoms with Crippen molar-refractivity contribution in [2.75, 3.05) is 18.6 Å². The van der Waals surface area contributed by atoms with Crippen LogP contribution in [0.5, 0.6) is 5.75 Å². The van der Waals surface area contributed by atoms with Gasteiger partial charge in [0.25, 0.3) is 5.91 Å². The highest BCUT2D eigenvalue weighted by molar-refractivity contribution is 6.00. The Morgan fingerprint density at radius 3 is 2.21 bits per heavy atom. The van der Waals surface area contributed by atoms with E-state index < -0.39 is 17.9 Å². The van der Waals surface area contributed by atoms with Crippen LogP contribution in [0.3, 0.4) is 0 Å². The molecule has 3 aromatic carbocycles. The van der Waals surface area contributed by atoms with Crippen LogP contribution in [-0.2, 0) is 27.5 Å². The molecule has 0 aliphatic rings. The Labute approximate surface area is 255 Å². The van der Waals surface area contributed by atoms with Crippen LogP contribution in [0.15, 0.2) is 78.9 Å². The maximum Gasteiger partial charge on any atom is 0.328 e. The lowest BCUT2D eigenvalue weighted by Gasteiger charge is -2.25. The van der Waals surface area contributed by atoms with Crippen LogP contribution >= 0.6 is 0 Å². The molecule has 0 unspecified atom stereocenters. The molecule has 0 spiro atoms. The highest BCUT2D eigenvalue weighted by atomic mass is 16.5. The van der Waals surface area contributed by atoms with Crippen molar-refractivity contribution in [3.8, 4) is 5.75 Å². The number of carbonyl (C=O) groups is 3. The zero-order chi connectivity index (χ0) is 30.9. The number of amides is 2. The van der Waals surface area contributed by atoms with Crippen LogP contribution in [0.25, 0.3) is 0 Å². The molecule has 3 aromatic rings. The number of ether oxygens (including phenoxy) is 2. The molecule has 230 valence electrons. The average Bonchev–Trinajstić information content (AvgIpc) is 3.04. The van der Waals surface area contributed by atoms with E-state index in [2.05, 4.69) is 18.0 Å². The lowest BCUT2D eigenvalue weighted by Crippen LogP contribution is -2.50. The summed E-state index contributed by atoms with van der Waals surface area (Å²) in [5.41, 5.74) is 6.71. The predicted molar refractivity (Wildman–Crippen MR) is 168 cm³/mol. The van der Waals surface area contributed by atoms with Gasteiger partial charge in [0.15, 0.2) is 0 Å². The van der Waals surface area contributed by atoms with Gasteiger partial charge in [-0.05, 0) is 48.9 Å². The zero-order valence-corrected chi connectivity index (χ0v) is 25.6. The number of hydrogen-bond donors (Lipinski definition) is 2. The van der Waals surface area contributed by atoms with Gasteiger partial charge in [-0.15, -0.1) is 0 Å². The number of anilines is 1. The van der Waals surface area contributed by atoms with E-state index >= 15 is 0 Å². The fraction of sp³-hybridized carbons (Fsp3) is 0.400. The Hall–Kier alpha value is -4.17. The number of unbranched alkanes of at least 4 members (excludes halogenated alkanes) is 4. The topological polar surface area (TPSA) is 113 Å². The summed E-state index contributed by atoms with van der Waals surface area (Å²) in [6, 6.07) is 23.9. The molecule has 0 saturated carbocycles. The van der Waals surface area contributed by atoms with Gasteiger partial charge in [-0.3, -0.25) is 9.59 Å². The number of nitrogens with zero attached hydrogens (tertiary/aromatic N) is 1. The van der Waals surface area contributed by atoms with Gasteiger partial charge >= 0.3 is 5.97 Å². The number of nitrogens with one attached hydrogen (secondary N) is 1. The van der Waals surface area contributed by atoms with Crippen molar-refractivity contribution in [2.24, 2.45) is 0 Å². The van der Waals surface area contributed by atoms with Gasteiger partial charge in [0.1, 0.15) is 18.4 Å². The molecule has 2 amide bonds. The first kappa shape index (κ1) is 33.3. The van der Waals surface area contributed by atoms with Crippen LogP contribution in [0.2, 0.25) is 0 Å². The van der Waals surface area contributed by atoms with Crippen molar-refractivity contribution in [1.29, 1.82) is 0 Å². The SMILES string of the molecule is CCCCCCC(=O)N(Cc1ccccc1)c1ccc(C(=O)N[C@@H](CCCC[NH3+])C(=O)OC)c(OCc2ccccc2)c1. The summed E-state index contributed by atoms with van der Waals surface area (Å²) in [5.74, 6) is -0.594. The van der Waals surface area contributed by atoms with Gasteiger partial charge in [-0.25, -0.2) is 4.79 Å². The number of carbonyl (C=O) groups excluding carboxylic acids is 3. The highest BCUT2D eigenvalue weighted by Gasteiger charge is 2.25. The molecule has 8 nitrogen and oxygen atoms in total. The lowest BCUT2D eigenvalue weighted by molar-refractivity contribution is -0.368. The monoisotopic (exact) mass is 588 g/mol. The molecule has 0 aliphatic carbocycles. The van der Waals surface area contributed by atoms with Crippen LogP contribution in [0.1, 0.15) is 79.8 Å². The lowest BCUT2D eigenvalue weighted by atomic mass is 10.1. The largest absolute Gasteiger partial charge is 0.488 e. The third kappa shape index (κ3) is 10.9. The Bertz CT molecular complexity index is 1280. The maximum absolute atomic E-state index is 13.6. The summed E-state index contributed by atoms with van der Waals surface area (Å²) in [6.07, 6.45) is 6.46. The minimum absolute atomic E-state index is 0.0161. The van der Waals surface area contributed by atoms with Crippen molar-refractivity contribution in [3.63, 3.8) is 0 Å². The van der Waals surface area contributed by atoms with Gasteiger partial charge < -0.3 is 25.4 Å². The number of methoxy groups -OCH3 is 1. The van der Waals surface area contributed by atoms with E-state index in [0.29, 0.717) is 30.8 Å². The minimum Gasteiger partial charge on any atom is -0.488 e. The summed E-state index contributed by atoms with van der Waals surface area (Å²) in [4.78, 5) is 41.3. The van der Waals surface area contributed by atoms with E-state index in [0.717, 1.165) is 56.2 Å². The van der Waals surface area contributed by atoms with Crippen molar-refractivity contribution >= 4 is 23.5 Å². The second kappa shape index (κ2) is 18.4. The van der Waals surface area contributed by atoms with Crippen molar-refractivity contribution in [2.45, 2.75) is 77.5 Å². The van der Waals surface area contributed by atoms with E-state index in [4.69, 9.17) is 9.47 Å². The third-order valence-corrected chi connectivity index (χ3v) is 7.27. The molecule has 0 aromatic heterocycles. The molecule has 4 N–H and O–H groups in total. The third-order valence-electron chi connectivity index (χ3n) is 7.27. The normalized spacial score (nSPS) is 11.4. The molecular formula is C35H46N3O5+. The van der Waals surface area contributed by atoms with Gasteiger partial charge in [0, 0.05) is 18.2 Å². The summed E-state index contributed by atoms with van der Waals surface area (Å²) >= 11 is 0. The van der Waals surface area contributed by atoms with Crippen LogP contribution in [-0.4, -0.2) is 37.5 Å². The zero-order valence-electron chi connectivity index (χ0n) is 25.6. The van der Waals surface area contributed by atoms with Crippen molar-refractivity contribution < 1.29 is 29.6 Å². The molecule has 0 radical (unpaired) electrons. The minimum atomic E-state index is -0.787. The van der Waals surface area contributed by atoms with Crippen molar-refractivity contribution in [3.05, 3.63) is 95.6 Å². The first-order valence-electron chi connectivity index (χ1n) is 15.3. The van der Waals surface area contributed by atoms with Crippen LogP contribution in [0.4, 0.5) is 5.69 Å². The summed E-state index contributed by atoms with van der Waals surface area (Å²) in [5, 5.41) is 2.84. The van der Waals surface area contributed by atoms with Gasteiger partial charge in [-0.2, -0.15) is 0 Å². The van der Waals surface area contributed by atoms with Crippen LogP contribution in [0, 0.1) is 0 Å². The Morgan fingerprint density at radius 2 is 1.56 bits per heavy atom. The quantitative estimate of drug-likeness (QED) is 0.152. The van der Waals surface area contributed by atoms with E-state index in [9.17, 15) is 14.4 Å². The highest BCUT2D eigenvalue weighted by Crippen LogP contribution is 2.29. The molecule has 3 rings (SSSR count). The average molecular weight is 589 g/mol. The molecule has 0 saturated heterocycles. The summed E-state index contributed by atoms with van der Waals surface area (Å²) < 4.78 is 11.2. The van der Waals surface area contributed by atoms with E-state index in [-0.39, 0.29) is 18.1 Å². The smallest absolute Gasteiger partial charge is 0.328 e. The summed E-state index contributed by atoms with van der Waals surface area (Å²) in [6.45, 7) is 3.53. The molecule has 0 bridgehead atoms. The Kier molecular flexibility index (Phi) is 14.3. The molecule has 43 heavy (non-hydrogen) atoms. The molecule has 0 aliphatic heterocycles. The van der Waals surface area contributed by atoms with Gasteiger partial charge in [0.05, 0.1) is 25.8 Å². The Morgan fingerprint density at radius 1 is 0.860 bits per heavy atom. The van der Waals surface area contributed by atoms with Crippen molar-refractivity contribution in [1.82, 2.24) is 5.32 Å². The van der Waals surface area contributed by atoms with E-state index in [1.54, 1.807) is 23.1 Å². The first-order valence-corrected chi connectivity index (χ1v) is 15.3. The number of benzene rings is 3. The number of hydrogen-bond acceptors (Lipinski definition) is 5.